The number of rotatable bonds is 7. The van der Waals surface area contributed by atoms with Crippen molar-refractivity contribution in [3.05, 3.63) is 0 Å². The second-order valence-corrected chi connectivity index (χ2v) is 8.13. The van der Waals surface area contributed by atoms with E-state index in [1.54, 1.807) is 23.1 Å². The lowest BCUT2D eigenvalue weighted by Gasteiger charge is -2.35. The fourth-order valence-corrected chi connectivity index (χ4v) is 4.75. The predicted octanol–water partition coefficient (Wildman–Crippen LogP) is 0.846. The Morgan fingerprint density at radius 1 is 1.42 bits per heavy atom. The number of piperidine rings is 1. The summed E-state index contributed by atoms with van der Waals surface area (Å²) in [6.45, 7) is 4.23. The van der Waals surface area contributed by atoms with Crippen molar-refractivity contribution in [1.82, 2.24) is 13.9 Å². The van der Waals surface area contributed by atoms with Crippen LogP contribution in [0.1, 0.15) is 19.8 Å². The Hall–Kier alpha value is 0.180. The fraction of sp³-hybridized carbons (Fsp3) is 1.00. The predicted molar refractivity (Wildman–Crippen MR) is 82.8 cm³/mol. The van der Waals surface area contributed by atoms with Gasteiger partial charge in [-0.1, -0.05) is 0 Å². The third-order valence-electron chi connectivity index (χ3n) is 3.79. The van der Waals surface area contributed by atoms with Crippen LogP contribution in [-0.4, -0.2) is 68.8 Å². The van der Waals surface area contributed by atoms with Gasteiger partial charge in [0, 0.05) is 31.9 Å². The van der Waals surface area contributed by atoms with Crippen LogP contribution < -0.4 is 5.32 Å². The largest absolute Gasteiger partial charge is 0.319 e. The molecule has 0 spiro atoms. The monoisotopic (exact) mass is 309 g/mol. The molecule has 0 aliphatic carbocycles. The van der Waals surface area contributed by atoms with Crippen LogP contribution in [0.15, 0.2) is 0 Å². The normalized spacial score (nSPS) is 20.9. The topological polar surface area (TPSA) is 52.7 Å². The molecule has 1 atom stereocenters. The maximum Gasteiger partial charge on any atom is 0.281 e. The minimum Gasteiger partial charge on any atom is -0.319 e. The first-order valence-corrected chi connectivity index (χ1v) is 9.59. The highest BCUT2D eigenvalue weighted by molar-refractivity contribution is 7.98. The summed E-state index contributed by atoms with van der Waals surface area (Å²) < 4.78 is 28.1. The molecule has 0 bridgehead atoms. The molecule has 0 aromatic heterocycles. The molecule has 1 aliphatic rings. The van der Waals surface area contributed by atoms with Gasteiger partial charge >= 0.3 is 0 Å². The van der Waals surface area contributed by atoms with Gasteiger partial charge in [-0.05, 0) is 45.5 Å². The molecular weight excluding hydrogens is 282 g/mol. The third-order valence-corrected chi connectivity index (χ3v) is 6.71. The second kappa shape index (κ2) is 7.83. The zero-order valence-corrected chi connectivity index (χ0v) is 14.1. The van der Waals surface area contributed by atoms with Gasteiger partial charge in [0.2, 0.25) is 0 Å². The molecule has 1 N–H and O–H groups in total. The van der Waals surface area contributed by atoms with Crippen molar-refractivity contribution in [1.29, 1.82) is 0 Å². The summed E-state index contributed by atoms with van der Waals surface area (Å²) in [4.78, 5) is 0. The molecule has 0 aromatic carbocycles. The molecule has 0 aromatic rings. The van der Waals surface area contributed by atoms with Crippen LogP contribution in [0.25, 0.3) is 0 Å². The van der Waals surface area contributed by atoms with Gasteiger partial charge in [-0.25, -0.2) is 0 Å². The van der Waals surface area contributed by atoms with E-state index in [9.17, 15) is 8.42 Å². The Bertz CT molecular complexity index is 354. The van der Waals surface area contributed by atoms with E-state index in [4.69, 9.17) is 0 Å². The molecule has 1 saturated heterocycles. The van der Waals surface area contributed by atoms with E-state index in [2.05, 4.69) is 5.32 Å². The maximum atomic E-state index is 12.5. The molecule has 0 radical (unpaired) electrons. The Labute approximate surface area is 122 Å². The Balaban J connectivity index is 2.59. The van der Waals surface area contributed by atoms with E-state index < -0.39 is 10.2 Å². The number of thioether (sulfide) groups is 1. The summed E-state index contributed by atoms with van der Waals surface area (Å²) in [6.07, 6.45) is 3.90. The summed E-state index contributed by atoms with van der Waals surface area (Å²) in [5.41, 5.74) is 0. The zero-order chi connectivity index (χ0) is 14.5. The van der Waals surface area contributed by atoms with Crippen molar-refractivity contribution >= 4 is 22.0 Å². The molecule has 1 rings (SSSR count). The highest BCUT2D eigenvalue weighted by atomic mass is 32.2. The number of nitrogens with one attached hydrogen (secondary N) is 1. The lowest BCUT2D eigenvalue weighted by Crippen LogP contribution is -2.49. The summed E-state index contributed by atoms with van der Waals surface area (Å²) in [5.74, 6) is 1.43. The molecule has 19 heavy (non-hydrogen) atoms. The molecule has 114 valence electrons. The zero-order valence-electron chi connectivity index (χ0n) is 12.4. The highest BCUT2D eigenvalue weighted by Gasteiger charge is 2.32. The number of nitrogens with zero attached hydrogens (tertiary/aromatic N) is 2. The molecule has 1 heterocycles. The Morgan fingerprint density at radius 2 is 2.00 bits per heavy atom. The second-order valence-electron chi connectivity index (χ2n) is 5.23. The van der Waals surface area contributed by atoms with E-state index in [1.807, 2.05) is 20.2 Å². The first kappa shape index (κ1) is 17.2. The van der Waals surface area contributed by atoms with Gasteiger partial charge in [0.15, 0.2) is 0 Å². The molecule has 5 nitrogen and oxygen atoms in total. The van der Waals surface area contributed by atoms with Crippen LogP contribution >= 0.6 is 11.8 Å². The third kappa shape index (κ3) is 4.60. The lowest BCUT2D eigenvalue weighted by molar-refractivity contribution is 0.251. The summed E-state index contributed by atoms with van der Waals surface area (Å²) in [7, 11) is 0.347. The molecule has 0 amide bonds. The average Bonchev–Trinajstić information content (AvgIpc) is 2.39. The Kier molecular flexibility index (Phi) is 7.10. The lowest BCUT2D eigenvalue weighted by atomic mass is 9.98. The molecule has 1 fully saturated rings. The Morgan fingerprint density at radius 3 is 2.47 bits per heavy atom. The van der Waals surface area contributed by atoms with Gasteiger partial charge < -0.3 is 5.32 Å². The summed E-state index contributed by atoms with van der Waals surface area (Å²) in [5, 5.41) is 3.17. The molecule has 1 unspecified atom stereocenters. The summed E-state index contributed by atoms with van der Waals surface area (Å²) >= 11 is 1.67. The van der Waals surface area contributed by atoms with Gasteiger partial charge in [-0.2, -0.15) is 28.8 Å². The maximum absolute atomic E-state index is 12.5. The van der Waals surface area contributed by atoms with Crippen LogP contribution in [0.5, 0.6) is 0 Å². The van der Waals surface area contributed by atoms with Crippen LogP contribution in [0.2, 0.25) is 0 Å². The van der Waals surface area contributed by atoms with E-state index in [0.717, 1.165) is 25.1 Å². The van der Waals surface area contributed by atoms with Gasteiger partial charge in [0.1, 0.15) is 0 Å². The average molecular weight is 310 g/mol. The van der Waals surface area contributed by atoms with Crippen molar-refractivity contribution in [2.75, 3.05) is 45.7 Å². The molecule has 0 saturated carbocycles. The van der Waals surface area contributed by atoms with Crippen molar-refractivity contribution < 1.29 is 8.42 Å². The molecule has 1 aliphatic heterocycles. The minimum atomic E-state index is -3.29. The molecule has 7 heteroatoms. The first-order chi connectivity index (χ1) is 8.93. The molecular formula is C12H27N3O2S2. The van der Waals surface area contributed by atoms with Crippen LogP contribution in [0.3, 0.4) is 0 Å². The van der Waals surface area contributed by atoms with Crippen LogP contribution in [0.4, 0.5) is 0 Å². The quantitative estimate of drug-likeness (QED) is 0.757. The highest BCUT2D eigenvalue weighted by Crippen LogP contribution is 2.21. The van der Waals surface area contributed by atoms with E-state index >= 15 is 0 Å². The van der Waals surface area contributed by atoms with Crippen molar-refractivity contribution in [3.63, 3.8) is 0 Å². The van der Waals surface area contributed by atoms with Gasteiger partial charge in [-0.3, -0.25) is 0 Å². The standard InChI is InChI=1S/C12H27N3O2S2/c1-11(10-18-4)14(3)19(16,17)15-7-5-12(6-8-15)9-13-2/h11-13H,5-10H2,1-4H3. The SMILES string of the molecule is CNCC1CCN(S(=O)(=O)N(C)C(C)CSC)CC1. The van der Waals surface area contributed by atoms with Gasteiger partial charge in [0.05, 0.1) is 0 Å². The van der Waals surface area contributed by atoms with E-state index in [0.29, 0.717) is 19.0 Å². The van der Waals surface area contributed by atoms with Gasteiger partial charge in [-0.15, -0.1) is 0 Å². The first-order valence-electron chi connectivity index (χ1n) is 6.80. The van der Waals surface area contributed by atoms with Crippen LogP contribution in [-0.2, 0) is 10.2 Å². The van der Waals surface area contributed by atoms with E-state index in [-0.39, 0.29) is 6.04 Å². The smallest absolute Gasteiger partial charge is 0.281 e. The fourth-order valence-electron chi connectivity index (χ4n) is 2.39. The van der Waals surface area contributed by atoms with Crippen molar-refractivity contribution in [2.24, 2.45) is 5.92 Å². The van der Waals surface area contributed by atoms with Crippen molar-refractivity contribution in [2.45, 2.75) is 25.8 Å². The minimum absolute atomic E-state index is 0.0371. The van der Waals surface area contributed by atoms with Crippen molar-refractivity contribution in [3.8, 4) is 0 Å². The van der Waals surface area contributed by atoms with Gasteiger partial charge in [0.25, 0.3) is 10.2 Å². The summed E-state index contributed by atoms with van der Waals surface area (Å²) in [6, 6.07) is 0.0371. The van der Waals surface area contributed by atoms with E-state index in [1.165, 1.54) is 4.31 Å². The number of hydrogen-bond acceptors (Lipinski definition) is 4. The van der Waals surface area contributed by atoms with Crippen LogP contribution in [0, 0.1) is 5.92 Å². The number of hydrogen-bond donors (Lipinski definition) is 1.